The molecule has 1 atom stereocenters. The van der Waals surface area contributed by atoms with Gasteiger partial charge in [-0.05, 0) is 39.4 Å². The molecule has 25 heavy (non-hydrogen) atoms. The van der Waals surface area contributed by atoms with Crippen molar-refractivity contribution in [2.75, 3.05) is 53.5 Å². The van der Waals surface area contributed by atoms with E-state index in [9.17, 15) is 5.11 Å². The molecule has 0 bridgehead atoms. The number of nitrogens with zero attached hydrogens (tertiary/aromatic N) is 2. The average Bonchev–Trinajstić information content (AvgIpc) is 3.08. The van der Waals surface area contributed by atoms with Crippen molar-refractivity contribution < 1.29 is 14.3 Å². The third-order valence-electron chi connectivity index (χ3n) is 3.62. The Morgan fingerprint density at radius 3 is 2.76 bits per heavy atom. The van der Waals surface area contributed by atoms with Crippen LogP contribution in [0.15, 0.2) is 27.8 Å². The molecule has 1 aromatic rings. The zero-order chi connectivity index (χ0) is 17.8. The number of methoxy groups -OCH3 is 1. The normalized spacial score (nSPS) is 14.1. The highest BCUT2D eigenvalue weighted by Gasteiger charge is 2.26. The Labute approximate surface area is 168 Å². The molecular formula is C17H33IN4O3. The van der Waals surface area contributed by atoms with Gasteiger partial charge < -0.3 is 29.8 Å². The molecule has 1 unspecified atom stereocenters. The van der Waals surface area contributed by atoms with Crippen LogP contribution in [0.25, 0.3) is 0 Å². The van der Waals surface area contributed by atoms with Crippen molar-refractivity contribution in [1.29, 1.82) is 0 Å². The van der Waals surface area contributed by atoms with Crippen LogP contribution in [0.2, 0.25) is 0 Å². The van der Waals surface area contributed by atoms with Crippen molar-refractivity contribution in [1.82, 2.24) is 15.5 Å². The largest absolute Gasteiger partial charge is 0.466 e. The smallest absolute Gasteiger partial charge is 0.191 e. The van der Waals surface area contributed by atoms with E-state index in [2.05, 4.69) is 27.6 Å². The van der Waals surface area contributed by atoms with Crippen LogP contribution in [0.4, 0.5) is 0 Å². The summed E-state index contributed by atoms with van der Waals surface area (Å²) in [6.45, 7) is 8.15. The third kappa shape index (κ3) is 10.0. The lowest BCUT2D eigenvalue weighted by Crippen LogP contribution is -2.42. The Balaban J connectivity index is 0.00000576. The first kappa shape index (κ1) is 24.2. The van der Waals surface area contributed by atoms with Gasteiger partial charge in [0.15, 0.2) is 5.96 Å². The lowest BCUT2D eigenvalue weighted by atomic mass is 10.0. The van der Waals surface area contributed by atoms with E-state index in [-0.39, 0.29) is 30.5 Å². The first-order chi connectivity index (χ1) is 11.5. The highest BCUT2D eigenvalue weighted by Crippen LogP contribution is 2.20. The van der Waals surface area contributed by atoms with Gasteiger partial charge in [0.2, 0.25) is 0 Å². The van der Waals surface area contributed by atoms with E-state index in [0.29, 0.717) is 11.7 Å². The molecule has 0 saturated heterocycles. The van der Waals surface area contributed by atoms with E-state index in [1.807, 2.05) is 6.92 Å². The monoisotopic (exact) mass is 468 g/mol. The van der Waals surface area contributed by atoms with Crippen LogP contribution in [-0.4, -0.2) is 69.5 Å². The molecule has 0 fully saturated rings. The van der Waals surface area contributed by atoms with Gasteiger partial charge in [0.05, 0.1) is 12.8 Å². The fourth-order valence-corrected chi connectivity index (χ4v) is 2.19. The molecule has 146 valence electrons. The van der Waals surface area contributed by atoms with Crippen LogP contribution in [0, 0.1) is 0 Å². The minimum atomic E-state index is -1.12. The second kappa shape index (κ2) is 13.4. The van der Waals surface area contributed by atoms with E-state index in [1.54, 1.807) is 32.4 Å². The second-order valence-corrected chi connectivity index (χ2v) is 6.02. The van der Waals surface area contributed by atoms with Gasteiger partial charge in [-0.3, -0.25) is 0 Å². The number of hydrogen-bond donors (Lipinski definition) is 3. The molecule has 1 rings (SSSR count). The quantitative estimate of drug-likeness (QED) is 0.198. The number of guanidine groups is 1. The van der Waals surface area contributed by atoms with E-state index in [1.165, 1.54) is 0 Å². The maximum atomic E-state index is 10.4. The van der Waals surface area contributed by atoms with Crippen molar-refractivity contribution in [3.05, 3.63) is 24.2 Å². The molecule has 3 N–H and O–H groups in total. The summed E-state index contributed by atoms with van der Waals surface area (Å²) >= 11 is 0. The summed E-state index contributed by atoms with van der Waals surface area (Å²) in [5, 5.41) is 16.9. The molecule has 0 aromatic carbocycles. The molecule has 0 aliphatic rings. The van der Waals surface area contributed by atoms with Crippen molar-refractivity contribution >= 4 is 29.9 Å². The Kier molecular flexibility index (Phi) is 12.9. The zero-order valence-electron chi connectivity index (χ0n) is 15.7. The number of rotatable bonds is 11. The molecule has 0 amide bonds. The van der Waals surface area contributed by atoms with Crippen LogP contribution in [0.5, 0.6) is 0 Å². The number of nitrogens with one attached hydrogen (secondary N) is 2. The second-order valence-electron chi connectivity index (χ2n) is 6.02. The number of ether oxygens (including phenoxy) is 1. The van der Waals surface area contributed by atoms with Crippen molar-refractivity contribution in [3.63, 3.8) is 0 Å². The topological polar surface area (TPSA) is 82.3 Å². The van der Waals surface area contributed by atoms with E-state index in [0.717, 1.165) is 39.2 Å². The first-order valence-electron chi connectivity index (χ1n) is 8.45. The predicted molar refractivity (Wildman–Crippen MR) is 112 cm³/mol. The van der Waals surface area contributed by atoms with Gasteiger partial charge in [0.1, 0.15) is 11.4 Å². The standard InChI is InChI=1S/C17H32N4O3.HI/c1-5-18-16(19-9-11-21(3)10-7-12-23-4)20-14-17(2,22)15-8-6-13-24-15;/h6,8,13,22H,5,7,9-12,14H2,1-4H3,(H2,18,19,20);1H. The zero-order valence-corrected chi connectivity index (χ0v) is 18.1. The van der Waals surface area contributed by atoms with Crippen LogP contribution < -0.4 is 10.6 Å². The van der Waals surface area contributed by atoms with Crippen LogP contribution in [0.1, 0.15) is 26.0 Å². The van der Waals surface area contributed by atoms with Gasteiger partial charge in [-0.15, -0.1) is 24.0 Å². The maximum absolute atomic E-state index is 10.4. The van der Waals surface area contributed by atoms with Crippen molar-refractivity contribution in [3.8, 4) is 0 Å². The summed E-state index contributed by atoms with van der Waals surface area (Å²) < 4.78 is 10.3. The molecule has 0 radical (unpaired) electrons. The Hall–Kier alpha value is -0.840. The molecule has 0 aliphatic carbocycles. The Morgan fingerprint density at radius 1 is 1.40 bits per heavy atom. The van der Waals surface area contributed by atoms with Crippen molar-refractivity contribution in [2.45, 2.75) is 25.9 Å². The molecule has 0 saturated carbocycles. The Bertz CT molecular complexity index is 466. The average molecular weight is 468 g/mol. The number of furan rings is 1. The lowest BCUT2D eigenvalue weighted by molar-refractivity contribution is 0.0437. The summed E-state index contributed by atoms with van der Waals surface area (Å²) in [6, 6.07) is 3.52. The van der Waals surface area contributed by atoms with Gasteiger partial charge in [0, 0.05) is 39.9 Å². The van der Waals surface area contributed by atoms with Gasteiger partial charge in [-0.2, -0.15) is 0 Å². The Morgan fingerprint density at radius 2 is 2.16 bits per heavy atom. The minimum absolute atomic E-state index is 0. The summed E-state index contributed by atoms with van der Waals surface area (Å²) in [5.74, 6) is 1.20. The molecule has 1 heterocycles. The fourth-order valence-electron chi connectivity index (χ4n) is 2.19. The van der Waals surface area contributed by atoms with E-state index < -0.39 is 5.60 Å². The fraction of sp³-hybridized carbons (Fsp3) is 0.706. The maximum Gasteiger partial charge on any atom is 0.191 e. The SMILES string of the molecule is CCNC(=NCC(C)(O)c1ccco1)NCCN(C)CCCOC.I. The summed E-state index contributed by atoms with van der Waals surface area (Å²) in [5.41, 5.74) is -1.12. The highest BCUT2D eigenvalue weighted by molar-refractivity contribution is 14.0. The van der Waals surface area contributed by atoms with Gasteiger partial charge in [0.25, 0.3) is 0 Å². The van der Waals surface area contributed by atoms with Crippen molar-refractivity contribution in [2.24, 2.45) is 4.99 Å². The molecule has 0 aliphatic heterocycles. The highest BCUT2D eigenvalue weighted by atomic mass is 127. The molecule has 0 spiro atoms. The molecule has 7 nitrogen and oxygen atoms in total. The summed E-state index contributed by atoms with van der Waals surface area (Å²) in [4.78, 5) is 6.70. The molecule has 1 aromatic heterocycles. The number of aliphatic imine (C=N–C) groups is 1. The molecular weight excluding hydrogens is 435 g/mol. The predicted octanol–water partition coefficient (Wildman–Crippen LogP) is 1.63. The van der Waals surface area contributed by atoms with Crippen LogP contribution in [0.3, 0.4) is 0 Å². The van der Waals surface area contributed by atoms with E-state index in [4.69, 9.17) is 9.15 Å². The third-order valence-corrected chi connectivity index (χ3v) is 3.62. The van der Waals surface area contributed by atoms with E-state index >= 15 is 0 Å². The molecule has 8 heteroatoms. The minimum Gasteiger partial charge on any atom is -0.466 e. The summed E-state index contributed by atoms with van der Waals surface area (Å²) in [7, 11) is 3.81. The first-order valence-corrected chi connectivity index (χ1v) is 8.45. The van der Waals surface area contributed by atoms with Gasteiger partial charge >= 0.3 is 0 Å². The van der Waals surface area contributed by atoms with Crippen LogP contribution >= 0.6 is 24.0 Å². The number of likely N-dealkylation sites (N-methyl/N-ethyl adjacent to an activating group) is 1. The number of hydrogen-bond acceptors (Lipinski definition) is 5. The lowest BCUT2D eigenvalue weighted by Gasteiger charge is -2.20. The van der Waals surface area contributed by atoms with Crippen LogP contribution in [-0.2, 0) is 10.3 Å². The number of aliphatic hydroxyl groups is 1. The van der Waals surface area contributed by atoms with Gasteiger partial charge in [-0.25, -0.2) is 4.99 Å². The number of halogens is 1. The summed E-state index contributed by atoms with van der Waals surface area (Å²) in [6.07, 6.45) is 2.57. The van der Waals surface area contributed by atoms with Gasteiger partial charge in [-0.1, -0.05) is 0 Å².